The van der Waals surface area contributed by atoms with Crippen molar-refractivity contribution in [2.24, 2.45) is 0 Å². The summed E-state index contributed by atoms with van der Waals surface area (Å²) < 4.78 is 0. The van der Waals surface area contributed by atoms with E-state index >= 15 is 0 Å². The van der Waals surface area contributed by atoms with Crippen LogP contribution in [0.25, 0.3) is 0 Å². The van der Waals surface area contributed by atoms with Crippen molar-refractivity contribution >= 4 is 24.6 Å². The van der Waals surface area contributed by atoms with Crippen LogP contribution in [0.5, 0.6) is 0 Å². The Labute approximate surface area is 152 Å². The van der Waals surface area contributed by atoms with Crippen molar-refractivity contribution < 1.29 is 19.6 Å². The van der Waals surface area contributed by atoms with E-state index in [1.807, 2.05) is 37.3 Å². The highest BCUT2D eigenvalue weighted by atomic mass is 16.4. The Hall–Kier alpha value is -2.90. The zero-order chi connectivity index (χ0) is 18.9. The van der Waals surface area contributed by atoms with Crippen LogP contribution in [0.3, 0.4) is 0 Å². The minimum absolute atomic E-state index is 0.258. The Kier molecular flexibility index (Phi) is 7.14. The average molecular weight is 352 g/mol. The number of nitrogens with one attached hydrogen (secondary N) is 2. The molecular weight excluding hydrogens is 331 g/mol. The second-order valence-electron chi connectivity index (χ2n) is 5.91. The van der Waals surface area contributed by atoms with E-state index in [-0.39, 0.29) is 6.42 Å². The molecule has 2 rings (SSSR count). The third-order valence-corrected chi connectivity index (χ3v) is 3.69. The second kappa shape index (κ2) is 9.55. The molecule has 6 nitrogen and oxygen atoms in total. The van der Waals surface area contributed by atoms with Crippen LogP contribution in [0.15, 0.2) is 66.7 Å². The van der Waals surface area contributed by atoms with Crippen LogP contribution >= 0.6 is 0 Å². The zero-order valence-corrected chi connectivity index (χ0v) is 14.4. The van der Waals surface area contributed by atoms with Gasteiger partial charge in [0.1, 0.15) is 0 Å². The van der Waals surface area contributed by atoms with Gasteiger partial charge in [0.2, 0.25) is 11.8 Å². The van der Waals surface area contributed by atoms with E-state index in [4.69, 9.17) is 0 Å². The number of carbonyl (C=O) groups excluding carboxylic acids is 2. The summed E-state index contributed by atoms with van der Waals surface area (Å²) in [6.07, 6.45) is 2.41. The summed E-state index contributed by atoms with van der Waals surface area (Å²) >= 11 is 0. The van der Waals surface area contributed by atoms with E-state index in [1.54, 1.807) is 24.3 Å². The summed E-state index contributed by atoms with van der Waals surface area (Å²) in [4.78, 5) is 23.7. The van der Waals surface area contributed by atoms with E-state index < -0.39 is 24.9 Å². The van der Waals surface area contributed by atoms with Gasteiger partial charge in [0, 0.05) is 17.8 Å². The van der Waals surface area contributed by atoms with Crippen molar-refractivity contribution in [3.05, 3.63) is 77.9 Å². The average Bonchev–Trinajstić information content (AvgIpc) is 2.62. The summed E-state index contributed by atoms with van der Waals surface area (Å²) in [7, 11) is -1.72. The first kappa shape index (κ1) is 19.4. The quantitative estimate of drug-likeness (QED) is 0.445. The molecule has 7 heteroatoms. The van der Waals surface area contributed by atoms with Crippen LogP contribution < -0.4 is 10.6 Å². The fourth-order valence-corrected chi connectivity index (χ4v) is 2.30. The molecule has 2 amide bonds. The van der Waals surface area contributed by atoms with E-state index in [9.17, 15) is 19.6 Å². The van der Waals surface area contributed by atoms with Crippen molar-refractivity contribution in [1.82, 2.24) is 5.32 Å². The molecule has 0 saturated carbocycles. The van der Waals surface area contributed by atoms with E-state index in [0.717, 1.165) is 23.3 Å². The Morgan fingerprint density at radius 1 is 1.00 bits per heavy atom. The van der Waals surface area contributed by atoms with Crippen molar-refractivity contribution in [2.75, 3.05) is 5.32 Å². The lowest BCUT2D eigenvalue weighted by Crippen LogP contribution is -2.47. The number of para-hydroxylation sites is 1. The predicted octanol–water partition coefficient (Wildman–Crippen LogP) is 1.23. The fourth-order valence-electron chi connectivity index (χ4n) is 2.30. The summed E-state index contributed by atoms with van der Waals surface area (Å²) in [6.45, 7) is 1.95. The number of carbonyl (C=O) groups is 2. The lowest BCUT2D eigenvalue weighted by atomic mass is 9.76. The maximum atomic E-state index is 12.0. The summed E-state index contributed by atoms with van der Waals surface area (Å²) in [6, 6.07) is 16.4. The second-order valence-corrected chi connectivity index (χ2v) is 5.91. The molecule has 1 atom stereocenters. The van der Waals surface area contributed by atoms with Crippen molar-refractivity contribution in [3.63, 3.8) is 0 Å². The Morgan fingerprint density at radius 2 is 1.62 bits per heavy atom. The molecule has 0 aromatic heterocycles. The van der Waals surface area contributed by atoms with Gasteiger partial charge in [0.25, 0.3) is 0 Å². The van der Waals surface area contributed by atoms with Gasteiger partial charge in [0.15, 0.2) is 0 Å². The van der Waals surface area contributed by atoms with Gasteiger partial charge in [-0.1, -0.05) is 48.0 Å². The third-order valence-electron chi connectivity index (χ3n) is 3.69. The number of rotatable bonds is 7. The molecule has 0 heterocycles. The van der Waals surface area contributed by atoms with Gasteiger partial charge in [-0.25, -0.2) is 0 Å². The summed E-state index contributed by atoms with van der Waals surface area (Å²) in [5, 5.41) is 24.1. The van der Waals surface area contributed by atoms with Crippen LogP contribution in [-0.4, -0.2) is 34.9 Å². The largest absolute Gasteiger partial charge is 0.475 e. The molecule has 26 heavy (non-hydrogen) atoms. The first-order valence-electron chi connectivity index (χ1n) is 8.20. The van der Waals surface area contributed by atoms with Crippen molar-refractivity contribution in [2.45, 2.75) is 19.3 Å². The molecule has 1 unspecified atom stereocenters. The molecule has 0 saturated heterocycles. The summed E-state index contributed by atoms with van der Waals surface area (Å²) in [5.41, 5.74) is 2.57. The van der Waals surface area contributed by atoms with E-state index in [1.165, 1.54) is 0 Å². The lowest BCUT2D eigenvalue weighted by molar-refractivity contribution is -0.117. The molecular formula is C19H21BN2O4. The Balaban J connectivity index is 1.90. The van der Waals surface area contributed by atoms with Crippen LogP contribution in [0.4, 0.5) is 5.69 Å². The highest BCUT2D eigenvalue weighted by molar-refractivity contribution is 6.43. The molecule has 134 valence electrons. The number of hydrogen-bond donors (Lipinski definition) is 4. The smallest absolute Gasteiger partial charge is 0.426 e. The van der Waals surface area contributed by atoms with Crippen LogP contribution in [0.1, 0.15) is 11.1 Å². The molecule has 2 aromatic carbocycles. The van der Waals surface area contributed by atoms with Crippen molar-refractivity contribution in [1.29, 1.82) is 0 Å². The number of anilines is 1. The first-order chi connectivity index (χ1) is 12.4. The highest BCUT2D eigenvalue weighted by Gasteiger charge is 2.24. The molecule has 0 fully saturated rings. The molecule has 2 aromatic rings. The molecule has 0 aliphatic rings. The maximum absolute atomic E-state index is 12.0. The highest BCUT2D eigenvalue weighted by Crippen LogP contribution is 2.07. The Bertz CT molecular complexity index is 761. The van der Waals surface area contributed by atoms with Crippen LogP contribution in [0, 0.1) is 6.92 Å². The van der Waals surface area contributed by atoms with Gasteiger partial charge in [-0.3, -0.25) is 9.59 Å². The van der Waals surface area contributed by atoms with Crippen molar-refractivity contribution in [3.8, 4) is 0 Å². The SMILES string of the molecule is Cc1ccc(CC(NC(=O)C=CC(=O)Nc2ccccc2)B(O)O)cc1. The maximum Gasteiger partial charge on any atom is 0.475 e. The number of amides is 2. The van der Waals surface area contributed by atoms with E-state index in [0.29, 0.717) is 5.69 Å². The number of hydrogen-bond acceptors (Lipinski definition) is 4. The topological polar surface area (TPSA) is 98.7 Å². The number of aryl methyl sites for hydroxylation is 1. The van der Waals surface area contributed by atoms with E-state index in [2.05, 4.69) is 10.6 Å². The van der Waals surface area contributed by atoms with Gasteiger partial charge in [0.05, 0.1) is 5.94 Å². The van der Waals surface area contributed by atoms with Gasteiger partial charge < -0.3 is 20.7 Å². The minimum Gasteiger partial charge on any atom is -0.426 e. The normalized spacial score (nSPS) is 11.8. The van der Waals surface area contributed by atoms with Crippen LogP contribution in [-0.2, 0) is 16.0 Å². The fraction of sp³-hybridized carbons (Fsp3) is 0.158. The van der Waals surface area contributed by atoms with Gasteiger partial charge >= 0.3 is 7.12 Å². The monoisotopic (exact) mass is 352 g/mol. The van der Waals surface area contributed by atoms with Gasteiger partial charge in [-0.15, -0.1) is 0 Å². The first-order valence-corrected chi connectivity index (χ1v) is 8.20. The molecule has 0 spiro atoms. The predicted molar refractivity (Wildman–Crippen MR) is 101 cm³/mol. The standard InChI is InChI=1S/C19H21BN2O4/c1-14-7-9-15(10-8-14)13-17(20(25)26)22-19(24)12-11-18(23)21-16-5-3-2-4-6-16/h2-12,17,25-26H,13H2,1H3,(H,21,23)(H,22,24). The third kappa shape index (κ3) is 6.54. The summed E-state index contributed by atoms with van der Waals surface area (Å²) in [5.74, 6) is -1.92. The molecule has 0 aliphatic heterocycles. The lowest BCUT2D eigenvalue weighted by Gasteiger charge is -2.17. The molecule has 0 bridgehead atoms. The molecule has 0 aliphatic carbocycles. The molecule has 4 N–H and O–H groups in total. The zero-order valence-electron chi connectivity index (χ0n) is 14.4. The van der Waals surface area contributed by atoms with Crippen LogP contribution in [0.2, 0.25) is 0 Å². The molecule has 0 radical (unpaired) electrons. The Morgan fingerprint density at radius 3 is 2.23 bits per heavy atom. The van der Waals surface area contributed by atoms with Gasteiger partial charge in [-0.05, 0) is 31.0 Å². The minimum atomic E-state index is -1.72. The van der Waals surface area contributed by atoms with Gasteiger partial charge in [-0.2, -0.15) is 0 Å². The number of benzene rings is 2.